The van der Waals surface area contributed by atoms with Crippen molar-refractivity contribution in [3.8, 4) is 11.5 Å². The van der Waals surface area contributed by atoms with Gasteiger partial charge in [-0.1, -0.05) is 36.4 Å². The van der Waals surface area contributed by atoms with Crippen LogP contribution >= 0.6 is 11.8 Å². The molecular weight excluding hydrogens is 468 g/mol. The van der Waals surface area contributed by atoms with Crippen LogP contribution in [0.4, 0.5) is 10.5 Å². The smallest absolute Gasteiger partial charge is 0.293 e. The number of benzene rings is 3. The normalized spacial score (nSPS) is 14.4. The van der Waals surface area contributed by atoms with Crippen molar-refractivity contribution in [3.05, 3.63) is 105 Å². The first kappa shape index (κ1) is 24.0. The van der Waals surface area contributed by atoms with Crippen molar-refractivity contribution in [1.29, 1.82) is 0 Å². The van der Waals surface area contributed by atoms with Gasteiger partial charge >= 0.3 is 0 Å². The van der Waals surface area contributed by atoms with E-state index in [0.717, 1.165) is 22.9 Å². The quantitative estimate of drug-likeness (QED) is 0.223. The van der Waals surface area contributed by atoms with Crippen LogP contribution in [0.1, 0.15) is 16.7 Å². The molecule has 0 bridgehead atoms. The maximum atomic E-state index is 12.8. The predicted molar refractivity (Wildman–Crippen MR) is 133 cm³/mol. The molecular formula is C26H22N2O6S. The van der Waals surface area contributed by atoms with Gasteiger partial charge in [-0.15, -0.1) is 0 Å². The van der Waals surface area contributed by atoms with Gasteiger partial charge in [-0.3, -0.25) is 24.6 Å². The minimum absolute atomic E-state index is 0.0140. The molecule has 4 rings (SSSR count). The average molecular weight is 491 g/mol. The molecule has 3 aromatic carbocycles. The number of nitrogens with zero attached hydrogens (tertiary/aromatic N) is 2. The molecule has 1 fully saturated rings. The summed E-state index contributed by atoms with van der Waals surface area (Å²) in [7, 11) is 1.51. The van der Waals surface area contributed by atoms with E-state index in [1.807, 2.05) is 30.3 Å². The second-order valence-corrected chi connectivity index (χ2v) is 8.68. The number of hydrogen-bond acceptors (Lipinski definition) is 7. The molecule has 0 N–H and O–H groups in total. The van der Waals surface area contributed by atoms with E-state index in [1.54, 1.807) is 36.4 Å². The van der Waals surface area contributed by atoms with Crippen LogP contribution in [0, 0.1) is 10.1 Å². The molecule has 0 aromatic heterocycles. The molecule has 0 aliphatic carbocycles. The molecule has 1 aliphatic rings. The molecule has 9 heteroatoms. The molecule has 0 unspecified atom stereocenters. The van der Waals surface area contributed by atoms with Gasteiger partial charge in [0.05, 0.1) is 16.9 Å². The predicted octanol–water partition coefficient (Wildman–Crippen LogP) is 5.46. The Hall–Kier alpha value is -4.11. The van der Waals surface area contributed by atoms with Crippen LogP contribution in [0.2, 0.25) is 0 Å². The molecule has 0 radical (unpaired) electrons. The summed E-state index contributed by atoms with van der Waals surface area (Å²) in [5, 5.41) is 10.5. The van der Waals surface area contributed by atoms with E-state index < -0.39 is 4.92 Å². The van der Waals surface area contributed by atoms with Crippen molar-refractivity contribution < 1.29 is 24.0 Å². The SMILES string of the molecule is COc1cc(/C=C2/SC(=O)N(CCc3ccccc3)C2=O)ccc1OCc1ccc([N+](=O)[O-])cc1. The van der Waals surface area contributed by atoms with Crippen LogP contribution in [-0.4, -0.2) is 34.6 Å². The molecule has 178 valence electrons. The minimum Gasteiger partial charge on any atom is -0.493 e. The van der Waals surface area contributed by atoms with E-state index in [4.69, 9.17) is 9.47 Å². The molecule has 1 heterocycles. The summed E-state index contributed by atoms with van der Waals surface area (Å²) >= 11 is 0.919. The van der Waals surface area contributed by atoms with Gasteiger partial charge in [0.25, 0.3) is 16.8 Å². The largest absolute Gasteiger partial charge is 0.493 e. The summed E-state index contributed by atoms with van der Waals surface area (Å²) in [5.41, 5.74) is 2.54. The zero-order chi connectivity index (χ0) is 24.8. The van der Waals surface area contributed by atoms with Gasteiger partial charge in [0.1, 0.15) is 6.61 Å². The summed E-state index contributed by atoms with van der Waals surface area (Å²) in [4.78, 5) is 37.2. The number of carbonyl (C=O) groups excluding carboxylic acids is 2. The van der Waals surface area contributed by atoms with Crippen LogP contribution in [-0.2, 0) is 17.8 Å². The third-order valence-electron chi connectivity index (χ3n) is 5.37. The Labute approximate surface area is 206 Å². The van der Waals surface area contributed by atoms with Gasteiger partial charge in [0.2, 0.25) is 0 Å². The van der Waals surface area contributed by atoms with E-state index in [0.29, 0.717) is 34.9 Å². The molecule has 2 amide bonds. The lowest BCUT2D eigenvalue weighted by molar-refractivity contribution is -0.384. The Morgan fingerprint density at radius 3 is 2.40 bits per heavy atom. The van der Waals surface area contributed by atoms with Gasteiger partial charge in [-0.2, -0.15) is 0 Å². The van der Waals surface area contributed by atoms with E-state index >= 15 is 0 Å². The Bertz CT molecular complexity index is 1270. The fraction of sp³-hybridized carbons (Fsp3) is 0.154. The molecule has 3 aromatic rings. The molecule has 35 heavy (non-hydrogen) atoms. The third-order valence-corrected chi connectivity index (χ3v) is 6.27. The second-order valence-electron chi connectivity index (χ2n) is 7.69. The second kappa shape index (κ2) is 10.9. The van der Waals surface area contributed by atoms with Crippen molar-refractivity contribution in [2.24, 2.45) is 0 Å². The summed E-state index contributed by atoms with van der Waals surface area (Å²) in [6, 6.07) is 21.0. The van der Waals surface area contributed by atoms with Crippen molar-refractivity contribution in [1.82, 2.24) is 4.90 Å². The zero-order valence-corrected chi connectivity index (χ0v) is 19.7. The topological polar surface area (TPSA) is 99.0 Å². The Kier molecular flexibility index (Phi) is 7.47. The van der Waals surface area contributed by atoms with E-state index in [1.165, 1.54) is 24.1 Å². The standard InChI is InChI=1S/C26H22N2O6S/c1-33-23-15-20(9-12-22(23)34-17-19-7-10-21(11-8-19)28(31)32)16-24-25(29)27(26(30)35-24)14-13-18-5-3-2-4-6-18/h2-12,15-16H,13-14,17H2,1H3/b24-16+. The maximum Gasteiger partial charge on any atom is 0.293 e. The number of hydrogen-bond donors (Lipinski definition) is 0. The highest BCUT2D eigenvalue weighted by molar-refractivity contribution is 8.18. The molecule has 0 atom stereocenters. The Morgan fingerprint density at radius 2 is 1.71 bits per heavy atom. The summed E-state index contributed by atoms with van der Waals surface area (Å²) in [6.07, 6.45) is 2.26. The van der Waals surface area contributed by atoms with Crippen LogP contribution in [0.5, 0.6) is 11.5 Å². The fourth-order valence-corrected chi connectivity index (χ4v) is 4.36. The highest BCUT2D eigenvalue weighted by Gasteiger charge is 2.34. The number of thioether (sulfide) groups is 1. The van der Waals surface area contributed by atoms with Crippen molar-refractivity contribution in [3.63, 3.8) is 0 Å². The number of rotatable bonds is 9. The molecule has 8 nitrogen and oxygen atoms in total. The number of non-ortho nitro benzene ring substituents is 1. The molecule has 0 spiro atoms. The van der Waals surface area contributed by atoms with Crippen LogP contribution in [0.25, 0.3) is 6.08 Å². The van der Waals surface area contributed by atoms with Crippen molar-refractivity contribution in [2.75, 3.05) is 13.7 Å². The van der Waals surface area contributed by atoms with Crippen LogP contribution < -0.4 is 9.47 Å². The fourth-order valence-electron chi connectivity index (χ4n) is 3.50. The number of nitro benzene ring substituents is 1. The molecule has 1 aliphatic heterocycles. The lowest BCUT2D eigenvalue weighted by atomic mass is 10.1. The number of methoxy groups -OCH3 is 1. The maximum absolute atomic E-state index is 12.8. The van der Waals surface area contributed by atoms with Gasteiger partial charge in [0.15, 0.2) is 11.5 Å². The highest BCUT2D eigenvalue weighted by atomic mass is 32.2. The van der Waals surface area contributed by atoms with Crippen molar-refractivity contribution >= 4 is 34.7 Å². The number of ether oxygens (including phenoxy) is 2. The first-order valence-electron chi connectivity index (χ1n) is 10.8. The van der Waals surface area contributed by atoms with Gasteiger partial charge < -0.3 is 9.47 Å². The number of carbonyl (C=O) groups is 2. The summed E-state index contributed by atoms with van der Waals surface area (Å²) in [5.74, 6) is 0.635. The molecule has 0 saturated carbocycles. The monoisotopic (exact) mass is 490 g/mol. The van der Waals surface area contributed by atoms with Gasteiger partial charge in [-0.05, 0) is 65.2 Å². The molecule has 1 saturated heterocycles. The summed E-state index contributed by atoms with van der Waals surface area (Å²) in [6.45, 7) is 0.527. The lowest BCUT2D eigenvalue weighted by Gasteiger charge is -2.12. The van der Waals surface area contributed by atoms with E-state index in [2.05, 4.69) is 0 Å². The minimum atomic E-state index is -0.454. The third kappa shape index (κ3) is 5.88. The van der Waals surface area contributed by atoms with Gasteiger partial charge in [-0.25, -0.2) is 0 Å². The lowest BCUT2D eigenvalue weighted by Crippen LogP contribution is -2.30. The van der Waals surface area contributed by atoms with E-state index in [9.17, 15) is 19.7 Å². The first-order valence-corrected chi connectivity index (χ1v) is 11.6. The summed E-state index contributed by atoms with van der Waals surface area (Å²) < 4.78 is 11.3. The number of nitro groups is 1. The number of amides is 2. The van der Waals surface area contributed by atoms with Crippen LogP contribution in [0.3, 0.4) is 0 Å². The Balaban J connectivity index is 1.42. The highest BCUT2D eigenvalue weighted by Crippen LogP contribution is 2.35. The van der Waals surface area contributed by atoms with Gasteiger partial charge in [0, 0.05) is 18.7 Å². The first-order chi connectivity index (χ1) is 16.9. The number of imide groups is 1. The van der Waals surface area contributed by atoms with Crippen LogP contribution in [0.15, 0.2) is 77.7 Å². The Morgan fingerprint density at radius 1 is 0.971 bits per heavy atom. The van der Waals surface area contributed by atoms with Crippen molar-refractivity contribution in [2.45, 2.75) is 13.0 Å². The zero-order valence-electron chi connectivity index (χ0n) is 18.9. The average Bonchev–Trinajstić information content (AvgIpc) is 3.14. The van der Waals surface area contributed by atoms with E-state index in [-0.39, 0.29) is 23.4 Å².